The predicted molar refractivity (Wildman–Crippen MR) is 108 cm³/mol. The molecule has 138 valence electrons. The van der Waals surface area contributed by atoms with Gasteiger partial charge in [0.1, 0.15) is 12.1 Å². The molecule has 0 amide bonds. The molecule has 0 fully saturated rings. The maximum Gasteiger partial charge on any atom is 0.163 e. The summed E-state index contributed by atoms with van der Waals surface area (Å²) in [5, 5.41) is 4.29. The van der Waals surface area contributed by atoms with Crippen molar-refractivity contribution in [3.63, 3.8) is 0 Å². The van der Waals surface area contributed by atoms with Crippen molar-refractivity contribution >= 4 is 34.8 Å². The van der Waals surface area contributed by atoms with Crippen LogP contribution < -0.4 is 14.8 Å². The normalized spacial score (nSPS) is 10.3. The lowest BCUT2D eigenvalue weighted by Crippen LogP contribution is -2.01. The molecule has 0 saturated carbocycles. The van der Waals surface area contributed by atoms with Crippen molar-refractivity contribution in [1.82, 2.24) is 9.97 Å². The van der Waals surface area contributed by atoms with Crippen LogP contribution in [-0.4, -0.2) is 23.2 Å². The van der Waals surface area contributed by atoms with Gasteiger partial charge in [-0.1, -0.05) is 19.1 Å². The topological polar surface area (TPSA) is 56.3 Å². The number of hydrogen-bond acceptors (Lipinski definition) is 5. The molecule has 0 bridgehead atoms. The molecule has 3 aromatic rings. The van der Waals surface area contributed by atoms with Gasteiger partial charge >= 0.3 is 0 Å². The van der Waals surface area contributed by atoms with Crippen molar-refractivity contribution in [2.24, 2.45) is 0 Å². The van der Waals surface area contributed by atoms with Crippen molar-refractivity contribution in [3.8, 4) is 11.5 Å². The third-order valence-electron chi connectivity index (χ3n) is 3.90. The number of benzene rings is 2. The molecule has 0 radical (unpaired) electrons. The summed E-state index contributed by atoms with van der Waals surface area (Å²) >= 11 is 0. The summed E-state index contributed by atoms with van der Waals surface area (Å²) in [5.74, 6) is 2.16. The molecule has 3 rings (SSSR count). The number of anilines is 2. The summed E-state index contributed by atoms with van der Waals surface area (Å²) in [6.07, 6.45) is 2.55. The fourth-order valence-corrected chi connectivity index (χ4v) is 2.71. The van der Waals surface area contributed by atoms with E-state index in [4.69, 9.17) is 9.47 Å². The van der Waals surface area contributed by atoms with E-state index in [1.807, 2.05) is 38.1 Å². The number of aromatic nitrogens is 2. The van der Waals surface area contributed by atoms with Gasteiger partial charge in [0.2, 0.25) is 0 Å². The molecule has 1 heterocycles. The molecule has 0 aliphatic heterocycles. The highest BCUT2D eigenvalue weighted by Crippen LogP contribution is 2.35. The Labute approximate surface area is 160 Å². The van der Waals surface area contributed by atoms with Gasteiger partial charge in [-0.2, -0.15) is 0 Å². The maximum atomic E-state index is 5.73. The lowest BCUT2D eigenvalue weighted by atomic mass is 10.1. The number of nitrogens with zero attached hydrogens (tertiary/aromatic N) is 2. The van der Waals surface area contributed by atoms with Crippen LogP contribution in [0.5, 0.6) is 11.5 Å². The summed E-state index contributed by atoms with van der Waals surface area (Å²) in [6, 6.07) is 12.2. The highest BCUT2D eigenvalue weighted by atomic mass is 35.5. The van der Waals surface area contributed by atoms with Gasteiger partial charge in [0.15, 0.2) is 11.5 Å². The number of hydrogen-bond donors (Lipinski definition) is 1. The molecule has 0 atom stereocenters. The molecule has 0 saturated heterocycles. The zero-order valence-corrected chi connectivity index (χ0v) is 16.1. The van der Waals surface area contributed by atoms with E-state index in [9.17, 15) is 0 Å². The molecule has 0 unspecified atom stereocenters. The SMILES string of the molecule is CCOc1cc2ncnc(Nc3cccc(CC)c3)c2cc1OCC.Cl. The van der Waals surface area contributed by atoms with Crippen molar-refractivity contribution in [3.05, 3.63) is 48.3 Å². The number of nitrogens with one attached hydrogen (secondary N) is 1. The molecule has 1 N–H and O–H groups in total. The van der Waals surface area contributed by atoms with Crippen molar-refractivity contribution in [2.45, 2.75) is 27.2 Å². The number of ether oxygens (including phenoxy) is 2. The summed E-state index contributed by atoms with van der Waals surface area (Å²) in [4.78, 5) is 8.79. The number of fused-ring (bicyclic) bond motifs is 1. The summed E-state index contributed by atoms with van der Waals surface area (Å²) in [6.45, 7) is 7.19. The van der Waals surface area contributed by atoms with Gasteiger partial charge in [-0.25, -0.2) is 9.97 Å². The second-order valence-corrected chi connectivity index (χ2v) is 5.58. The van der Waals surface area contributed by atoms with Crippen molar-refractivity contribution in [1.29, 1.82) is 0 Å². The van der Waals surface area contributed by atoms with Gasteiger partial charge in [-0.15, -0.1) is 12.4 Å². The van der Waals surface area contributed by atoms with E-state index in [0.717, 1.165) is 28.8 Å². The Morgan fingerprint density at radius 1 is 0.923 bits per heavy atom. The van der Waals surface area contributed by atoms with Crippen LogP contribution in [0.4, 0.5) is 11.5 Å². The standard InChI is InChI=1S/C20H23N3O2.ClH/c1-4-14-8-7-9-15(10-14)23-20-16-11-18(24-5-2)19(25-6-3)12-17(16)21-13-22-20;/h7-13H,4-6H2,1-3H3,(H,21,22,23);1H. The first-order chi connectivity index (χ1) is 12.2. The Balaban J connectivity index is 0.00000243. The van der Waals surface area contributed by atoms with Crippen LogP contribution in [0.25, 0.3) is 10.9 Å². The van der Waals surface area contributed by atoms with Crippen LogP contribution >= 0.6 is 12.4 Å². The van der Waals surface area contributed by atoms with Gasteiger partial charge in [0.05, 0.1) is 18.7 Å². The minimum absolute atomic E-state index is 0. The molecule has 6 heteroatoms. The number of rotatable bonds is 7. The average molecular weight is 374 g/mol. The molecular formula is C20H24ClN3O2. The van der Waals surface area contributed by atoms with Crippen LogP contribution in [0, 0.1) is 0 Å². The molecule has 5 nitrogen and oxygen atoms in total. The van der Waals surface area contributed by atoms with E-state index < -0.39 is 0 Å². The summed E-state index contributed by atoms with van der Waals surface area (Å²) in [7, 11) is 0. The Morgan fingerprint density at radius 3 is 2.35 bits per heavy atom. The quantitative estimate of drug-likeness (QED) is 0.620. The first-order valence-corrected chi connectivity index (χ1v) is 8.65. The van der Waals surface area contributed by atoms with Gasteiger partial charge < -0.3 is 14.8 Å². The summed E-state index contributed by atoms with van der Waals surface area (Å²) < 4.78 is 11.4. The van der Waals surface area contributed by atoms with E-state index in [0.29, 0.717) is 24.7 Å². The Hall–Kier alpha value is -2.53. The minimum Gasteiger partial charge on any atom is -0.490 e. The van der Waals surface area contributed by atoms with Gasteiger partial charge in [0, 0.05) is 17.1 Å². The van der Waals surface area contributed by atoms with Gasteiger partial charge in [0.25, 0.3) is 0 Å². The summed E-state index contributed by atoms with van der Waals surface area (Å²) in [5.41, 5.74) is 3.10. The smallest absolute Gasteiger partial charge is 0.163 e. The Morgan fingerprint density at radius 2 is 1.65 bits per heavy atom. The van der Waals surface area contributed by atoms with E-state index in [2.05, 4.69) is 34.3 Å². The predicted octanol–water partition coefficient (Wildman–Crippen LogP) is 5.16. The highest BCUT2D eigenvalue weighted by Gasteiger charge is 2.12. The molecule has 1 aromatic heterocycles. The van der Waals surface area contributed by atoms with Crippen LogP contribution in [0.15, 0.2) is 42.7 Å². The second-order valence-electron chi connectivity index (χ2n) is 5.58. The Bertz CT molecular complexity index is 871. The van der Waals surface area contributed by atoms with Crippen LogP contribution in [0.1, 0.15) is 26.3 Å². The van der Waals surface area contributed by atoms with Crippen LogP contribution in [-0.2, 0) is 6.42 Å². The molecule has 2 aromatic carbocycles. The first kappa shape index (κ1) is 19.8. The van der Waals surface area contributed by atoms with Crippen molar-refractivity contribution in [2.75, 3.05) is 18.5 Å². The zero-order chi connectivity index (χ0) is 17.6. The molecule has 0 aliphatic rings. The number of aryl methyl sites for hydroxylation is 1. The minimum atomic E-state index is 0. The van der Waals surface area contributed by atoms with E-state index in [-0.39, 0.29) is 12.4 Å². The second kappa shape index (κ2) is 9.25. The molecule has 0 aliphatic carbocycles. The Kier molecular flexibility index (Phi) is 7.04. The third kappa shape index (κ3) is 4.35. The van der Waals surface area contributed by atoms with E-state index in [1.54, 1.807) is 6.33 Å². The molecule has 26 heavy (non-hydrogen) atoms. The van der Waals surface area contributed by atoms with E-state index in [1.165, 1.54) is 5.56 Å². The van der Waals surface area contributed by atoms with Crippen molar-refractivity contribution < 1.29 is 9.47 Å². The number of halogens is 1. The zero-order valence-electron chi connectivity index (χ0n) is 15.3. The first-order valence-electron chi connectivity index (χ1n) is 8.65. The van der Waals surface area contributed by atoms with Gasteiger partial charge in [-0.3, -0.25) is 0 Å². The van der Waals surface area contributed by atoms with Crippen LogP contribution in [0.2, 0.25) is 0 Å². The molecular weight excluding hydrogens is 350 g/mol. The average Bonchev–Trinajstić information content (AvgIpc) is 2.63. The van der Waals surface area contributed by atoms with E-state index >= 15 is 0 Å². The molecule has 0 spiro atoms. The maximum absolute atomic E-state index is 5.73. The van der Waals surface area contributed by atoms with Gasteiger partial charge in [-0.05, 0) is 44.0 Å². The third-order valence-corrected chi connectivity index (χ3v) is 3.90. The fraction of sp³-hybridized carbons (Fsp3) is 0.300. The lowest BCUT2D eigenvalue weighted by Gasteiger charge is -2.14. The monoisotopic (exact) mass is 373 g/mol. The largest absolute Gasteiger partial charge is 0.490 e. The highest BCUT2D eigenvalue weighted by molar-refractivity contribution is 5.93. The lowest BCUT2D eigenvalue weighted by molar-refractivity contribution is 0.288. The fourth-order valence-electron chi connectivity index (χ4n) is 2.71. The van der Waals surface area contributed by atoms with Crippen LogP contribution in [0.3, 0.4) is 0 Å².